The summed E-state index contributed by atoms with van der Waals surface area (Å²) in [4.78, 5) is 26.4. The lowest BCUT2D eigenvalue weighted by Gasteiger charge is -2.25. The number of allylic oxidation sites excluding steroid dienone is 2. The first kappa shape index (κ1) is 12.2. The fourth-order valence-corrected chi connectivity index (χ4v) is 3.35. The molecule has 3 heteroatoms. The lowest BCUT2D eigenvalue weighted by atomic mass is 9.76. The van der Waals surface area contributed by atoms with Crippen molar-refractivity contribution in [2.75, 3.05) is 4.90 Å². The van der Waals surface area contributed by atoms with Crippen LogP contribution in [0, 0.1) is 17.8 Å². The first-order valence-electron chi connectivity index (χ1n) is 6.69. The number of fused-ring (bicyclic) bond motifs is 1. The summed E-state index contributed by atoms with van der Waals surface area (Å²) in [5.74, 6) is -0.300. The molecule has 0 aromatic heterocycles. The van der Waals surface area contributed by atoms with Crippen LogP contribution >= 0.6 is 0 Å². The van der Waals surface area contributed by atoms with Gasteiger partial charge in [0, 0.05) is 0 Å². The highest BCUT2D eigenvalue weighted by atomic mass is 16.2. The van der Waals surface area contributed by atoms with Crippen LogP contribution in [-0.4, -0.2) is 11.8 Å². The minimum absolute atomic E-state index is 0.0412. The van der Waals surface area contributed by atoms with Crippen LogP contribution < -0.4 is 4.90 Å². The molecule has 0 unspecified atom stereocenters. The number of imide groups is 1. The Morgan fingerprint density at radius 2 is 1.79 bits per heavy atom. The molecule has 1 fully saturated rings. The topological polar surface area (TPSA) is 37.4 Å². The van der Waals surface area contributed by atoms with Crippen LogP contribution in [0.2, 0.25) is 0 Å². The molecule has 1 aromatic rings. The van der Waals surface area contributed by atoms with Crippen LogP contribution in [0.4, 0.5) is 5.69 Å². The Morgan fingerprint density at radius 1 is 1.11 bits per heavy atom. The maximum atomic E-state index is 12.5. The molecule has 3 atom stereocenters. The third-order valence-electron chi connectivity index (χ3n) is 4.15. The highest BCUT2D eigenvalue weighted by Crippen LogP contribution is 2.42. The van der Waals surface area contributed by atoms with E-state index in [2.05, 4.69) is 6.08 Å². The second-order valence-corrected chi connectivity index (χ2v) is 5.56. The predicted octanol–water partition coefficient (Wildman–Crippen LogP) is 2.78. The van der Waals surface area contributed by atoms with Gasteiger partial charge in [0.15, 0.2) is 0 Å². The quantitative estimate of drug-likeness (QED) is 0.571. The Hall–Kier alpha value is -1.90. The average molecular weight is 255 g/mol. The van der Waals surface area contributed by atoms with Gasteiger partial charge in [-0.25, -0.2) is 0 Å². The minimum Gasteiger partial charge on any atom is -0.274 e. The van der Waals surface area contributed by atoms with Crippen molar-refractivity contribution < 1.29 is 9.59 Å². The van der Waals surface area contributed by atoms with E-state index in [1.165, 1.54) is 10.5 Å². The number of carbonyl (C=O) groups excluding carboxylic acids is 2. The highest BCUT2D eigenvalue weighted by Gasteiger charge is 2.51. The molecule has 1 aliphatic heterocycles. The first-order valence-corrected chi connectivity index (χ1v) is 6.69. The van der Waals surface area contributed by atoms with Gasteiger partial charge in [-0.1, -0.05) is 36.8 Å². The summed E-state index contributed by atoms with van der Waals surface area (Å²) >= 11 is 0. The Morgan fingerprint density at radius 3 is 2.47 bits per heavy atom. The second kappa shape index (κ2) is 4.34. The standard InChI is InChI=1S/C16H17NO2/c1-10-8-11(2)14-13(9-10)15(18)17(16(14)19)12-6-4-3-5-7-12/h3-8,11,13-14H,9H2,1-2H3/t11-,13+,14-/m1/s1. The van der Waals surface area contributed by atoms with Gasteiger partial charge in [-0.05, 0) is 31.4 Å². The third kappa shape index (κ3) is 1.81. The molecule has 2 aliphatic rings. The lowest BCUT2D eigenvalue weighted by molar-refractivity contribution is -0.122. The molecular weight excluding hydrogens is 238 g/mol. The zero-order valence-corrected chi connectivity index (χ0v) is 11.2. The van der Waals surface area contributed by atoms with Crippen LogP contribution in [0.5, 0.6) is 0 Å². The number of para-hydroxylation sites is 1. The molecule has 19 heavy (non-hydrogen) atoms. The van der Waals surface area contributed by atoms with Gasteiger partial charge < -0.3 is 0 Å². The van der Waals surface area contributed by atoms with E-state index in [4.69, 9.17) is 0 Å². The zero-order valence-electron chi connectivity index (χ0n) is 11.2. The maximum Gasteiger partial charge on any atom is 0.238 e. The molecule has 1 aliphatic carbocycles. The van der Waals surface area contributed by atoms with E-state index in [9.17, 15) is 9.59 Å². The van der Waals surface area contributed by atoms with E-state index < -0.39 is 0 Å². The van der Waals surface area contributed by atoms with Crippen molar-refractivity contribution in [1.82, 2.24) is 0 Å². The molecule has 0 N–H and O–H groups in total. The summed E-state index contributed by atoms with van der Waals surface area (Å²) in [6.07, 6.45) is 2.84. The Labute approximate surface area is 112 Å². The molecule has 3 rings (SSSR count). The molecule has 0 spiro atoms. The Bertz CT molecular complexity index is 561. The van der Waals surface area contributed by atoms with Crippen LogP contribution in [-0.2, 0) is 9.59 Å². The van der Waals surface area contributed by atoms with Crippen molar-refractivity contribution in [2.24, 2.45) is 17.8 Å². The monoisotopic (exact) mass is 255 g/mol. The molecule has 2 amide bonds. The summed E-state index contributed by atoms with van der Waals surface area (Å²) in [6.45, 7) is 4.07. The van der Waals surface area contributed by atoms with Gasteiger partial charge in [-0.15, -0.1) is 0 Å². The van der Waals surface area contributed by atoms with Gasteiger partial charge in [0.25, 0.3) is 0 Å². The third-order valence-corrected chi connectivity index (χ3v) is 4.15. The van der Waals surface area contributed by atoms with E-state index in [1.54, 1.807) is 0 Å². The van der Waals surface area contributed by atoms with Gasteiger partial charge >= 0.3 is 0 Å². The molecule has 1 aromatic carbocycles. The van der Waals surface area contributed by atoms with Crippen molar-refractivity contribution in [2.45, 2.75) is 20.3 Å². The van der Waals surface area contributed by atoms with Crippen LogP contribution in [0.25, 0.3) is 0 Å². The SMILES string of the molecule is CC1=C[C@@H](C)[C@H]2C(=O)N(c3ccccc3)C(=O)[C@H]2C1. The normalized spacial score (nSPS) is 30.3. The summed E-state index contributed by atoms with van der Waals surface area (Å²) in [5.41, 5.74) is 1.90. The van der Waals surface area contributed by atoms with E-state index >= 15 is 0 Å². The van der Waals surface area contributed by atoms with Gasteiger partial charge in [-0.2, -0.15) is 0 Å². The van der Waals surface area contributed by atoms with Crippen molar-refractivity contribution in [3.63, 3.8) is 0 Å². The van der Waals surface area contributed by atoms with Crippen molar-refractivity contribution >= 4 is 17.5 Å². The largest absolute Gasteiger partial charge is 0.274 e. The van der Waals surface area contributed by atoms with Crippen LogP contribution in [0.1, 0.15) is 20.3 Å². The molecule has 1 heterocycles. The van der Waals surface area contributed by atoms with E-state index in [-0.39, 0.29) is 29.6 Å². The second-order valence-electron chi connectivity index (χ2n) is 5.56. The molecule has 0 bridgehead atoms. The van der Waals surface area contributed by atoms with Crippen LogP contribution in [0.15, 0.2) is 42.0 Å². The number of anilines is 1. The summed E-state index contributed by atoms with van der Waals surface area (Å²) in [6, 6.07) is 9.22. The fourth-order valence-electron chi connectivity index (χ4n) is 3.35. The molecular formula is C16H17NO2. The number of nitrogens with zero attached hydrogens (tertiary/aromatic N) is 1. The molecule has 1 saturated heterocycles. The number of carbonyl (C=O) groups is 2. The minimum atomic E-state index is -0.184. The molecule has 0 radical (unpaired) electrons. The van der Waals surface area contributed by atoms with Gasteiger partial charge in [0.2, 0.25) is 11.8 Å². The van der Waals surface area contributed by atoms with E-state index in [0.29, 0.717) is 12.1 Å². The lowest BCUT2D eigenvalue weighted by Crippen LogP contribution is -2.31. The molecule has 0 saturated carbocycles. The van der Waals surface area contributed by atoms with Gasteiger partial charge in [-0.3, -0.25) is 14.5 Å². The van der Waals surface area contributed by atoms with E-state index in [0.717, 1.165) is 0 Å². The fraction of sp³-hybridized carbons (Fsp3) is 0.375. The van der Waals surface area contributed by atoms with Gasteiger partial charge in [0.1, 0.15) is 0 Å². The number of benzene rings is 1. The number of hydrogen-bond acceptors (Lipinski definition) is 2. The van der Waals surface area contributed by atoms with E-state index in [1.807, 2.05) is 44.2 Å². The Kier molecular flexibility index (Phi) is 2.77. The number of hydrogen-bond donors (Lipinski definition) is 0. The van der Waals surface area contributed by atoms with Crippen LogP contribution in [0.3, 0.4) is 0 Å². The maximum absolute atomic E-state index is 12.5. The Balaban J connectivity index is 2.00. The average Bonchev–Trinajstić information content (AvgIpc) is 2.62. The summed E-state index contributed by atoms with van der Waals surface area (Å²) in [5, 5.41) is 0. The number of amides is 2. The van der Waals surface area contributed by atoms with Gasteiger partial charge in [0.05, 0.1) is 17.5 Å². The molecule has 98 valence electrons. The summed E-state index contributed by atoms with van der Waals surface area (Å²) < 4.78 is 0. The predicted molar refractivity (Wildman–Crippen MR) is 73.5 cm³/mol. The first-order chi connectivity index (χ1) is 9.09. The zero-order chi connectivity index (χ0) is 13.6. The van der Waals surface area contributed by atoms with Crippen molar-refractivity contribution in [3.8, 4) is 0 Å². The number of rotatable bonds is 1. The highest BCUT2D eigenvalue weighted by molar-refractivity contribution is 6.22. The smallest absolute Gasteiger partial charge is 0.238 e. The van der Waals surface area contributed by atoms with Crippen molar-refractivity contribution in [3.05, 3.63) is 42.0 Å². The van der Waals surface area contributed by atoms with Crippen molar-refractivity contribution in [1.29, 1.82) is 0 Å². The molecule has 3 nitrogen and oxygen atoms in total. The summed E-state index contributed by atoms with van der Waals surface area (Å²) in [7, 11) is 0.